The lowest BCUT2D eigenvalue weighted by Crippen LogP contribution is -2.42. The first-order chi connectivity index (χ1) is 6.22. The second-order valence-corrected chi connectivity index (χ2v) is 4.08. The van der Waals surface area contributed by atoms with Crippen LogP contribution in [-0.4, -0.2) is 41.8 Å². The molecule has 13 heavy (non-hydrogen) atoms. The van der Waals surface area contributed by atoms with E-state index < -0.39 is 0 Å². The molecule has 0 spiro atoms. The Hall–Kier alpha value is -0.120. The number of hydrogen-bond acceptors (Lipinski definition) is 3. The fourth-order valence-electron chi connectivity index (χ4n) is 1.86. The third-order valence-electron chi connectivity index (χ3n) is 2.72. The fraction of sp³-hybridized carbons (Fsp3) is 1.00. The predicted octanol–water partition coefficient (Wildman–Crippen LogP) is 0.570. The summed E-state index contributed by atoms with van der Waals surface area (Å²) in [5.41, 5.74) is 5.80. The average Bonchev–Trinajstić information content (AvgIpc) is 2.09. The molecule has 3 nitrogen and oxygen atoms in total. The van der Waals surface area contributed by atoms with E-state index in [1.807, 2.05) is 0 Å². The Bertz CT molecular complexity index is 133. The van der Waals surface area contributed by atoms with Gasteiger partial charge < -0.3 is 15.7 Å². The molecule has 0 bridgehead atoms. The van der Waals surface area contributed by atoms with Gasteiger partial charge in [-0.3, -0.25) is 0 Å². The summed E-state index contributed by atoms with van der Waals surface area (Å²) in [6.45, 7) is 5.06. The van der Waals surface area contributed by atoms with E-state index in [4.69, 9.17) is 5.73 Å². The zero-order valence-electron chi connectivity index (χ0n) is 8.58. The van der Waals surface area contributed by atoms with Gasteiger partial charge in [-0.2, -0.15) is 0 Å². The number of hydrogen-bond donors (Lipinski definition) is 2. The Morgan fingerprint density at radius 3 is 2.62 bits per heavy atom. The van der Waals surface area contributed by atoms with Gasteiger partial charge in [-0.1, -0.05) is 13.3 Å². The maximum Gasteiger partial charge on any atom is 0.0667 e. The lowest BCUT2D eigenvalue weighted by molar-refractivity contribution is 0.0909. The summed E-state index contributed by atoms with van der Waals surface area (Å²) in [6.07, 6.45) is 4.01. The number of nitrogens with zero attached hydrogens (tertiary/aromatic N) is 1. The minimum absolute atomic E-state index is 0.140. The van der Waals surface area contributed by atoms with Crippen LogP contribution < -0.4 is 5.73 Å². The van der Waals surface area contributed by atoms with Crippen molar-refractivity contribution in [3.63, 3.8) is 0 Å². The highest BCUT2D eigenvalue weighted by atomic mass is 16.3. The minimum atomic E-state index is -0.140. The van der Waals surface area contributed by atoms with Gasteiger partial charge in [0.05, 0.1) is 6.10 Å². The van der Waals surface area contributed by atoms with Crippen LogP contribution in [-0.2, 0) is 0 Å². The van der Waals surface area contributed by atoms with Gasteiger partial charge in [0.15, 0.2) is 0 Å². The van der Waals surface area contributed by atoms with Crippen molar-refractivity contribution in [2.24, 2.45) is 5.73 Å². The molecule has 0 aromatic heterocycles. The molecule has 3 heteroatoms. The quantitative estimate of drug-likeness (QED) is 0.675. The van der Waals surface area contributed by atoms with E-state index in [-0.39, 0.29) is 6.10 Å². The standard InChI is InChI=1S/C10H22N2O/c1-2-3-10(13)8-12-6-4-9(11)5-7-12/h9-10,13H,2-8,11H2,1H3. The molecule has 0 aromatic carbocycles. The number of β-amino-alcohol motifs (C(OH)–C–C–N with tert-alkyl or cyclic N) is 1. The molecule has 1 heterocycles. The van der Waals surface area contributed by atoms with Gasteiger partial charge in [0.25, 0.3) is 0 Å². The number of piperidine rings is 1. The molecular weight excluding hydrogens is 164 g/mol. The molecule has 3 N–H and O–H groups in total. The van der Waals surface area contributed by atoms with Crippen molar-refractivity contribution in [1.29, 1.82) is 0 Å². The topological polar surface area (TPSA) is 49.5 Å². The molecule has 1 aliphatic heterocycles. The van der Waals surface area contributed by atoms with E-state index in [1.54, 1.807) is 0 Å². The third-order valence-corrected chi connectivity index (χ3v) is 2.72. The highest BCUT2D eigenvalue weighted by molar-refractivity contribution is 4.75. The summed E-state index contributed by atoms with van der Waals surface area (Å²) < 4.78 is 0. The molecule has 1 fully saturated rings. The molecule has 0 amide bonds. The Kier molecular flexibility index (Phi) is 4.70. The maximum absolute atomic E-state index is 9.59. The van der Waals surface area contributed by atoms with Gasteiger partial charge >= 0.3 is 0 Å². The molecular formula is C10H22N2O. The average molecular weight is 186 g/mol. The predicted molar refractivity (Wildman–Crippen MR) is 54.6 cm³/mol. The molecule has 1 rings (SSSR count). The van der Waals surface area contributed by atoms with Gasteiger partial charge in [-0.25, -0.2) is 0 Å². The fourth-order valence-corrected chi connectivity index (χ4v) is 1.86. The zero-order valence-corrected chi connectivity index (χ0v) is 8.58. The SMILES string of the molecule is CCCC(O)CN1CCC(N)CC1. The first-order valence-corrected chi connectivity index (χ1v) is 5.38. The van der Waals surface area contributed by atoms with E-state index in [9.17, 15) is 5.11 Å². The summed E-state index contributed by atoms with van der Waals surface area (Å²) in [5, 5.41) is 9.59. The summed E-state index contributed by atoms with van der Waals surface area (Å²) in [4.78, 5) is 2.32. The van der Waals surface area contributed by atoms with Gasteiger partial charge in [-0.15, -0.1) is 0 Å². The highest BCUT2D eigenvalue weighted by Gasteiger charge is 2.17. The van der Waals surface area contributed by atoms with Crippen molar-refractivity contribution in [3.8, 4) is 0 Å². The molecule has 1 aliphatic rings. The zero-order chi connectivity index (χ0) is 9.68. The van der Waals surface area contributed by atoms with Crippen molar-refractivity contribution < 1.29 is 5.11 Å². The minimum Gasteiger partial charge on any atom is -0.392 e. The second-order valence-electron chi connectivity index (χ2n) is 4.08. The third kappa shape index (κ3) is 4.07. The first-order valence-electron chi connectivity index (χ1n) is 5.38. The Morgan fingerprint density at radius 1 is 1.46 bits per heavy atom. The summed E-state index contributed by atoms with van der Waals surface area (Å²) in [7, 11) is 0. The monoisotopic (exact) mass is 186 g/mol. The van der Waals surface area contributed by atoms with Crippen LogP contribution in [0.15, 0.2) is 0 Å². The smallest absolute Gasteiger partial charge is 0.0667 e. The molecule has 0 aliphatic carbocycles. The largest absolute Gasteiger partial charge is 0.392 e. The van der Waals surface area contributed by atoms with Crippen LogP contribution in [0.25, 0.3) is 0 Å². The number of likely N-dealkylation sites (tertiary alicyclic amines) is 1. The normalized spacial score (nSPS) is 23.3. The van der Waals surface area contributed by atoms with Gasteiger partial charge in [-0.05, 0) is 32.4 Å². The highest BCUT2D eigenvalue weighted by Crippen LogP contribution is 2.09. The summed E-state index contributed by atoms with van der Waals surface area (Å²) in [5.74, 6) is 0. The van der Waals surface area contributed by atoms with Crippen LogP contribution in [0.4, 0.5) is 0 Å². The van der Waals surface area contributed by atoms with Crippen molar-refractivity contribution in [2.75, 3.05) is 19.6 Å². The Morgan fingerprint density at radius 2 is 2.08 bits per heavy atom. The van der Waals surface area contributed by atoms with Crippen LogP contribution in [0.2, 0.25) is 0 Å². The maximum atomic E-state index is 9.59. The van der Waals surface area contributed by atoms with E-state index in [1.165, 1.54) is 0 Å². The van der Waals surface area contributed by atoms with Crippen molar-refractivity contribution in [1.82, 2.24) is 4.90 Å². The number of rotatable bonds is 4. The van der Waals surface area contributed by atoms with E-state index >= 15 is 0 Å². The lowest BCUT2D eigenvalue weighted by atomic mass is 10.1. The molecule has 0 aromatic rings. The van der Waals surface area contributed by atoms with E-state index in [2.05, 4.69) is 11.8 Å². The van der Waals surface area contributed by atoms with Gasteiger partial charge in [0, 0.05) is 12.6 Å². The van der Waals surface area contributed by atoms with Crippen LogP contribution in [0.3, 0.4) is 0 Å². The summed E-state index contributed by atoms with van der Waals surface area (Å²) in [6, 6.07) is 0.388. The van der Waals surface area contributed by atoms with Gasteiger partial charge in [0.1, 0.15) is 0 Å². The first kappa shape index (κ1) is 11.0. The Labute approximate surface area is 80.9 Å². The number of aliphatic hydroxyl groups excluding tert-OH is 1. The van der Waals surface area contributed by atoms with E-state index in [0.29, 0.717) is 6.04 Å². The van der Waals surface area contributed by atoms with Crippen LogP contribution in [0.1, 0.15) is 32.6 Å². The molecule has 0 saturated carbocycles. The second kappa shape index (κ2) is 5.58. The van der Waals surface area contributed by atoms with E-state index in [0.717, 1.165) is 45.3 Å². The van der Waals surface area contributed by atoms with Gasteiger partial charge in [0.2, 0.25) is 0 Å². The van der Waals surface area contributed by atoms with Crippen molar-refractivity contribution in [2.45, 2.75) is 44.8 Å². The van der Waals surface area contributed by atoms with Crippen molar-refractivity contribution in [3.05, 3.63) is 0 Å². The number of aliphatic hydroxyl groups is 1. The molecule has 1 saturated heterocycles. The van der Waals surface area contributed by atoms with Crippen molar-refractivity contribution >= 4 is 0 Å². The Balaban J connectivity index is 2.14. The summed E-state index contributed by atoms with van der Waals surface area (Å²) >= 11 is 0. The molecule has 78 valence electrons. The molecule has 0 radical (unpaired) electrons. The van der Waals surface area contributed by atoms with Crippen LogP contribution >= 0.6 is 0 Å². The molecule has 1 unspecified atom stereocenters. The van der Waals surface area contributed by atoms with Crippen LogP contribution in [0.5, 0.6) is 0 Å². The van der Waals surface area contributed by atoms with Crippen LogP contribution in [0, 0.1) is 0 Å². The lowest BCUT2D eigenvalue weighted by Gasteiger charge is -2.31. The molecule has 1 atom stereocenters. The number of nitrogens with two attached hydrogens (primary N) is 1.